The van der Waals surface area contributed by atoms with Crippen molar-refractivity contribution in [2.45, 2.75) is 26.7 Å². The summed E-state index contributed by atoms with van der Waals surface area (Å²) in [6.07, 6.45) is 1.51. The smallest absolute Gasteiger partial charge is 0.287 e. The van der Waals surface area contributed by atoms with Gasteiger partial charge >= 0.3 is 0 Å². The van der Waals surface area contributed by atoms with Gasteiger partial charge in [0.2, 0.25) is 5.91 Å². The molecule has 0 aliphatic rings. The molecule has 23 heavy (non-hydrogen) atoms. The third-order valence-electron chi connectivity index (χ3n) is 2.84. The van der Waals surface area contributed by atoms with Crippen LogP contribution >= 0.6 is 15.9 Å². The second-order valence-electron chi connectivity index (χ2n) is 5.13. The lowest BCUT2D eigenvalue weighted by atomic mass is 10.2. The molecule has 0 unspecified atom stereocenters. The van der Waals surface area contributed by atoms with Crippen molar-refractivity contribution in [1.29, 1.82) is 0 Å². The number of aromatic nitrogens is 2. The van der Waals surface area contributed by atoms with Gasteiger partial charge in [0.25, 0.3) is 5.92 Å². The van der Waals surface area contributed by atoms with Gasteiger partial charge < -0.3 is 10.6 Å². The molecule has 2 N–H and O–H groups in total. The van der Waals surface area contributed by atoms with E-state index in [4.69, 9.17) is 0 Å². The van der Waals surface area contributed by atoms with Crippen LogP contribution in [-0.4, -0.2) is 15.9 Å². The molecule has 0 aliphatic carbocycles. The molecule has 0 spiro atoms. The predicted octanol–water partition coefficient (Wildman–Crippen LogP) is 4.36. The first-order valence-electron chi connectivity index (χ1n) is 6.72. The maximum Gasteiger partial charge on any atom is 0.287 e. The summed E-state index contributed by atoms with van der Waals surface area (Å²) in [6, 6.07) is 4.54. The number of carbonyl (C=O) groups excluding carboxylic acids is 1. The van der Waals surface area contributed by atoms with E-state index >= 15 is 0 Å². The van der Waals surface area contributed by atoms with Crippen molar-refractivity contribution in [3.05, 3.63) is 40.3 Å². The van der Waals surface area contributed by atoms with Crippen molar-refractivity contribution in [2.75, 3.05) is 10.6 Å². The highest BCUT2D eigenvalue weighted by atomic mass is 79.9. The van der Waals surface area contributed by atoms with E-state index in [0.717, 1.165) is 6.92 Å². The summed E-state index contributed by atoms with van der Waals surface area (Å²) in [7, 11) is 0. The molecule has 0 saturated carbocycles. The first kappa shape index (κ1) is 17.3. The number of alkyl halides is 2. The number of aryl methyl sites for hydroxylation is 1. The van der Waals surface area contributed by atoms with E-state index < -0.39 is 5.92 Å². The Hall–Kier alpha value is -2.09. The first-order chi connectivity index (χ1) is 10.6. The van der Waals surface area contributed by atoms with E-state index in [1.807, 2.05) is 0 Å². The summed E-state index contributed by atoms with van der Waals surface area (Å²) >= 11 is 3.33. The Morgan fingerprint density at radius 1 is 1.30 bits per heavy atom. The summed E-state index contributed by atoms with van der Waals surface area (Å²) in [4.78, 5) is 19.0. The lowest BCUT2D eigenvalue weighted by Gasteiger charge is -2.15. The van der Waals surface area contributed by atoms with Crippen molar-refractivity contribution >= 4 is 39.0 Å². The number of amides is 1. The monoisotopic (exact) mass is 384 g/mol. The van der Waals surface area contributed by atoms with E-state index in [-0.39, 0.29) is 11.6 Å². The topological polar surface area (TPSA) is 66.9 Å². The maximum atomic E-state index is 13.5. The SMILES string of the molecule is CC(=O)Nc1cc(Nc2cc(C)nc(C(C)(F)F)c2)c(Br)cn1. The van der Waals surface area contributed by atoms with Gasteiger partial charge in [-0.25, -0.2) is 4.98 Å². The van der Waals surface area contributed by atoms with E-state index in [0.29, 0.717) is 27.4 Å². The molecular formula is C15H15BrF2N4O. The number of rotatable bonds is 4. The third-order valence-corrected chi connectivity index (χ3v) is 3.47. The third kappa shape index (κ3) is 4.69. The van der Waals surface area contributed by atoms with Gasteiger partial charge in [0.05, 0.1) is 10.2 Å². The minimum absolute atomic E-state index is 0.251. The molecule has 5 nitrogen and oxygen atoms in total. The van der Waals surface area contributed by atoms with Crippen molar-refractivity contribution in [1.82, 2.24) is 9.97 Å². The lowest BCUT2D eigenvalue weighted by Crippen LogP contribution is -2.11. The number of nitrogens with zero attached hydrogens (tertiary/aromatic N) is 2. The zero-order valence-electron chi connectivity index (χ0n) is 12.7. The number of carbonyl (C=O) groups is 1. The number of nitrogens with one attached hydrogen (secondary N) is 2. The van der Waals surface area contributed by atoms with E-state index in [2.05, 4.69) is 36.5 Å². The second kappa shape index (κ2) is 6.57. The van der Waals surface area contributed by atoms with Crippen LogP contribution in [0.5, 0.6) is 0 Å². The summed E-state index contributed by atoms with van der Waals surface area (Å²) in [5.74, 6) is -2.92. The maximum absolute atomic E-state index is 13.5. The quantitative estimate of drug-likeness (QED) is 0.821. The normalized spacial score (nSPS) is 11.2. The fraction of sp³-hybridized carbons (Fsp3) is 0.267. The average molecular weight is 385 g/mol. The highest BCUT2D eigenvalue weighted by Crippen LogP contribution is 2.31. The van der Waals surface area contributed by atoms with Gasteiger partial charge in [0.1, 0.15) is 11.5 Å². The zero-order chi connectivity index (χ0) is 17.2. The summed E-state index contributed by atoms with van der Waals surface area (Å²) in [6.45, 7) is 3.82. The minimum Gasteiger partial charge on any atom is -0.354 e. The van der Waals surface area contributed by atoms with Crippen LogP contribution in [0.1, 0.15) is 25.2 Å². The Morgan fingerprint density at radius 3 is 2.61 bits per heavy atom. The second-order valence-corrected chi connectivity index (χ2v) is 5.98. The van der Waals surface area contributed by atoms with Crippen molar-refractivity contribution in [2.24, 2.45) is 0 Å². The fourth-order valence-corrected chi connectivity index (χ4v) is 2.22. The molecule has 0 saturated heterocycles. The number of halogens is 3. The van der Waals surface area contributed by atoms with Crippen LogP contribution in [0.4, 0.5) is 26.0 Å². The molecule has 0 aliphatic heterocycles. The highest BCUT2D eigenvalue weighted by Gasteiger charge is 2.26. The predicted molar refractivity (Wildman–Crippen MR) is 88.1 cm³/mol. The van der Waals surface area contributed by atoms with Gasteiger partial charge in [-0.3, -0.25) is 9.78 Å². The van der Waals surface area contributed by atoms with Gasteiger partial charge in [-0.2, -0.15) is 8.78 Å². The van der Waals surface area contributed by atoms with Gasteiger partial charge in [-0.05, 0) is 35.0 Å². The van der Waals surface area contributed by atoms with E-state index in [1.165, 1.54) is 19.2 Å². The highest BCUT2D eigenvalue weighted by molar-refractivity contribution is 9.10. The minimum atomic E-state index is -3.03. The molecule has 0 radical (unpaired) electrons. The first-order valence-corrected chi connectivity index (χ1v) is 7.51. The Morgan fingerprint density at radius 2 is 2.00 bits per heavy atom. The molecule has 2 aromatic rings. The molecule has 2 rings (SSSR count). The summed E-state index contributed by atoms with van der Waals surface area (Å²) in [5, 5.41) is 5.59. The molecule has 2 heterocycles. The van der Waals surface area contributed by atoms with E-state index in [9.17, 15) is 13.6 Å². The number of hydrogen-bond acceptors (Lipinski definition) is 4. The number of anilines is 3. The largest absolute Gasteiger partial charge is 0.354 e. The van der Waals surface area contributed by atoms with Gasteiger partial charge in [-0.1, -0.05) is 0 Å². The molecule has 2 aromatic heterocycles. The molecule has 122 valence electrons. The van der Waals surface area contributed by atoms with E-state index in [1.54, 1.807) is 19.1 Å². The van der Waals surface area contributed by atoms with Crippen LogP contribution in [-0.2, 0) is 10.7 Å². The zero-order valence-corrected chi connectivity index (χ0v) is 14.3. The van der Waals surface area contributed by atoms with Crippen LogP contribution in [0.2, 0.25) is 0 Å². The Labute approximate surface area is 140 Å². The van der Waals surface area contributed by atoms with Crippen LogP contribution in [0.15, 0.2) is 28.9 Å². The van der Waals surface area contributed by atoms with Crippen LogP contribution in [0.3, 0.4) is 0 Å². The molecule has 8 heteroatoms. The van der Waals surface area contributed by atoms with Crippen LogP contribution in [0.25, 0.3) is 0 Å². The molecule has 1 amide bonds. The van der Waals surface area contributed by atoms with Gasteiger partial charge in [0.15, 0.2) is 0 Å². The van der Waals surface area contributed by atoms with Crippen LogP contribution in [0, 0.1) is 6.92 Å². The van der Waals surface area contributed by atoms with Gasteiger partial charge in [-0.15, -0.1) is 0 Å². The summed E-state index contributed by atoms with van der Waals surface area (Å²) in [5.41, 5.74) is 1.21. The molecule has 0 fully saturated rings. The lowest BCUT2D eigenvalue weighted by molar-refractivity contribution is -0.114. The standard InChI is InChI=1S/C15H15BrF2N4O/c1-8-4-10(5-13(20-8)15(3,17)18)22-12-6-14(21-9(2)23)19-7-11(12)16/h4-7H,1-3H3,(H2,19,20,21,22,23). The molecule has 0 atom stereocenters. The average Bonchev–Trinajstić information content (AvgIpc) is 2.40. The van der Waals surface area contributed by atoms with Gasteiger partial charge in [0, 0.05) is 37.5 Å². The molecule has 0 aromatic carbocycles. The van der Waals surface area contributed by atoms with Crippen LogP contribution < -0.4 is 10.6 Å². The van der Waals surface area contributed by atoms with Crippen molar-refractivity contribution < 1.29 is 13.6 Å². The molecular weight excluding hydrogens is 370 g/mol. The number of pyridine rings is 2. The van der Waals surface area contributed by atoms with Crippen molar-refractivity contribution in [3.63, 3.8) is 0 Å². The fourth-order valence-electron chi connectivity index (χ4n) is 1.90. The molecule has 0 bridgehead atoms. The number of hydrogen-bond donors (Lipinski definition) is 2. The Bertz CT molecular complexity index is 747. The summed E-state index contributed by atoms with van der Waals surface area (Å²) < 4.78 is 27.6. The van der Waals surface area contributed by atoms with Crippen molar-refractivity contribution in [3.8, 4) is 0 Å². The Balaban J connectivity index is 2.35. The Kier molecular flexibility index (Phi) is 4.93.